The van der Waals surface area contributed by atoms with Gasteiger partial charge in [0.05, 0.1) is 4.90 Å². The average Bonchev–Trinajstić information content (AvgIpc) is 2.73. The number of rotatable bonds is 4. The molecule has 0 radical (unpaired) electrons. The Morgan fingerprint density at radius 1 is 0.867 bits per heavy atom. The third kappa shape index (κ3) is 3.66. The standard InChI is InChI=1S/C23H32N2O4S/c1-18-6-8-20(9-7-18)30(28,29)23(12-5-13-23)22(27)25-16-10-19(11-17-25)21(26)24-14-3-2-4-15-24/h6-9,19H,2-5,10-17H2,1H3. The summed E-state index contributed by atoms with van der Waals surface area (Å²) in [6.07, 6.45) is 6.10. The molecule has 1 aromatic carbocycles. The van der Waals surface area contributed by atoms with Gasteiger partial charge in [-0.15, -0.1) is 0 Å². The van der Waals surface area contributed by atoms with Gasteiger partial charge in [0, 0.05) is 32.1 Å². The Labute approximate surface area is 179 Å². The first-order valence-corrected chi connectivity index (χ1v) is 12.7. The molecule has 1 saturated carbocycles. The molecule has 0 atom stereocenters. The summed E-state index contributed by atoms with van der Waals surface area (Å²) in [5.41, 5.74) is 0.989. The highest BCUT2D eigenvalue weighted by molar-refractivity contribution is 7.93. The van der Waals surface area contributed by atoms with Crippen LogP contribution in [0, 0.1) is 12.8 Å². The SMILES string of the molecule is Cc1ccc(S(=O)(=O)C2(C(=O)N3CCC(C(=O)N4CCCCC4)CC3)CCC2)cc1. The minimum absolute atomic E-state index is 0.0433. The molecule has 30 heavy (non-hydrogen) atoms. The van der Waals surface area contributed by atoms with E-state index in [0.717, 1.165) is 37.9 Å². The fourth-order valence-corrected chi connectivity index (χ4v) is 7.16. The summed E-state index contributed by atoms with van der Waals surface area (Å²) in [5.74, 6) is -0.0937. The van der Waals surface area contributed by atoms with Crippen molar-refractivity contribution < 1.29 is 18.0 Å². The smallest absolute Gasteiger partial charge is 0.244 e. The van der Waals surface area contributed by atoms with Crippen molar-refractivity contribution in [2.45, 2.75) is 67.9 Å². The minimum Gasteiger partial charge on any atom is -0.342 e. The number of aryl methyl sites for hydroxylation is 1. The van der Waals surface area contributed by atoms with Crippen LogP contribution < -0.4 is 0 Å². The molecule has 0 aromatic heterocycles. The average molecular weight is 433 g/mol. The molecule has 164 valence electrons. The molecule has 4 rings (SSSR count). The Bertz CT molecular complexity index is 892. The summed E-state index contributed by atoms with van der Waals surface area (Å²) in [6, 6.07) is 6.78. The quantitative estimate of drug-likeness (QED) is 0.733. The molecule has 0 N–H and O–H groups in total. The fourth-order valence-electron chi connectivity index (χ4n) is 5.03. The number of hydrogen-bond donors (Lipinski definition) is 0. The molecule has 0 spiro atoms. The van der Waals surface area contributed by atoms with Gasteiger partial charge in [0.2, 0.25) is 11.8 Å². The zero-order valence-electron chi connectivity index (χ0n) is 17.8. The van der Waals surface area contributed by atoms with E-state index in [1.807, 2.05) is 11.8 Å². The molecule has 7 heteroatoms. The molecule has 2 aliphatic heterocycles. The molecule has 3 aliphatic rings. The molecule has 2 saturated heterocycles. The second-order valence-corrected chi connectivity index (χ2v) is 11.4. The van der Waals surface area contributed by atoms with Crippen LogP contribution in [0.2, 0.25) is 0 Å². The van der Waals surface area contributed by atoms with Gasteiger partial charge in [-0.05, 0) is 70.4 Å². The molecule has 0 bridgehead atoms. The predicted octanol–water partition coefficient (Wildman–Crippen LogP) is 2.94. The van der Waals surface area contributed by atoms with Crippen LogP contribution in [0.5, 0.6) is 0 Å². The lowest BCUT2D eigenvalue weighted by atomic mass is 9.82. The van der Waals surface area contributed by atoms with E-state index in [1.165, 1.54) is 6.42 Å². The van der Waals surface area contributed by atoms with Crippen molar-refractivity contribution in [1.29, 1.82) is 0 Å². The van der Waals surface area contributed by atoms with Gasteiger partial charge in [-0.2, -0.15) is 0 Å². The number of sulfone groups is 1. The summed E-state index contributed by atoms with van der Waals surface area (Å²) in [4.78, 5) is 30.1. The van der Waals surface area contributed by atoms with Crippen LogP contribution >= 0.6 is 0 Å². The Morgan fingerprint density at radius 3 is 2.00 bits per heavy atom. The Morgan fingerprint density at radius 2 is 1.47 bits per heavy atom. The number of carbonyl (C=O) groups is 2. The van der Waals surface area contributed by atoms with Gasteiger partial charge in [-0.1, -0.05) is 17.7 Å². The maximum atomic E-state index is 13.4. The number of nitrogens with zero attached hydrogens (tertiary/aromatic N) is 2. The number of amides is 2. The summed E-state index contributed by atoms with van der Waals surface area (Å²) in [7, 11) is -3.74. The van der Waals surface area contributed by atoms with Gasteiger partial charge < -0.3 is 9.80 Å². The summed E-state index contributed by atoms with van der Waals surface area (Å²) in [6.45, 7) is 4.53. The third-order valence-electron chi connectivity index (χ3n) is 7.20. The molecule has 2 amide bonds. The lowest BCUT2D eigenvalue weighted by Gasteiger charge is -2.44. The topological polar surface area (TPSA) is 74.8 Å². The van der Waals surface area contributed by atoms with Crippen molar-refractivity contribution in [3.63, 3.8) is 0 Å². The summed E-state index contributed by atoms with van der Waals surface area (Å²) >= 11 is 0. The van der Waals surface area contributed by atoms with Gasteiger partial charge in [0.1, 0.15) is 0 Å². The van der Waals surface area contributed by atoms with Crippen molar-refractivity contribution >= 4 is 21.7 Å². The predicted molar refractivity (Wildman–Crippen MR) is 115 cm³/mol. The second-order valence-electron chi connectivity index (χ2n) is 9.12. The Balaban J connectivity index is 1.45. The van der Waals surface area contributed by atoms with Crippen molar-refractivity contribution in [3.05, 3.63) is 29.8 Å². The molecular formula is C23H32N2O4S. The normalized spacial score (nSPS) is 22.4. The minimum atomic E-state index is -3.74. The number of carbonyl (C=O) groups excluding carboxylic acids is 2. The zero-order valence-corrected chi connectivity index (χ0v) is 18.6. The Kier molecular flexibility index (Phi) is 5.93. The maximum absolute atomic E-state index is 13.4. The van der Waals surface area contributed by atoms with Crippen LogP contribution in [0.15, 0.2) is 29.2 Å². The van der Waals surface area contributed by atoms with E-state index in [-0.39, 0.29) is 22.6 Å². The molecule has 6 nitrogen and oxygen atoms in total. The van der Waals surface area contributed by atoms with Crippen LogP contribution in [0.3, 0.4) is 0 Å². The lowest BCUT2D eigenvalue weighted by molar-refractivity contribution is -0.143. The summed E-state index contributed by atoms with van der Waals surface area (Å²) in [5, 5.41) is 0. The van der Waals surface area contributed by atoms with E-state index >= 15 is 0 Å². The van der Waals surface area contributed by atoms with E-state index in [4.69, 9.17) is 0 Å². The van der Waals surface area contributed by atoms with Crippen LogP contribution in [0.1, 0.15) is 56.9 Å². The lowest BCUT2D eigenvalue weighted by Crippen LogP contribution is -2.59. The highest BCUT2D eigenvalue weighted by Crippen LogP contribution is 2.44. The van der Waals surface area contributed by atoms with Gasteiger partial charge in [-0.3, -0.25) is 9.59 Å². The van der Waals surface area contributed by atoms with E-state index in [1.54, 1.807) is 29.2 Å². The second kappa shape index (κ2) is 8.33. The van der Waals surface area contributed by atoms with Crippen molar-refractivity contribution in [2.24, 2.45) is 5.92 Å². The first-order valence-electron chi connectivity index (χ1n) is 11.2. The van der Waals surface area contributed by atoms with Crippen molar-refractivity contribution in [1.82, 2.24) is 9.80 Å². The van der Waals surface area contributed by atoms with Crippen LogP contribution in [0.4, 0.5) is 0 Å². The highest BCUT2D eigenvalue weighted by Gasteiger charge is 2.57. The van der Waals surface area contributed by atoms with Crippen molar-refractivity contribution in [3.8, 4) is 0 Å². The van der Waals surface area contributed by atoms with Gasteiger partial charge in [-0.25, -0.2) is 8.42 Å². The van der Waals surface area contributed by atoms with Gasteiger partial charge in [0.25, 0.3) is 0 Å². The first kappa shape index (κ1) is 21.3. The van der Waals surface area contributed by atoms with Crippen LogP contribution in [-0.2, 0) is 19.4 Å². The number of hydrogen-bond acceptors (Lipinski definition) is 4. The Hall–Kier alpha value is -1.89. The van der Waals surface area contributed by atoms with Gasteiger partial charge >= 0.3 is 0 Å². The zero-order chi connectivity index (χ0) is 21.4. The summed E-state index contributed by atoms with van der Waals surface area (Å²) < 4.78 is 25.5. The third-order valence-corrected chi connectivity index (χ3v) is 9.70. The molecule has 1 aromatic rings. The molecule has 1 aliphatic carbocycles. The molecule has 3 fully saturated rings. The molecule has 0 unspecified atom stereocenters. The van der Waals surface area contributed by atoms with E-state index < -0.39 is 14.6 Å². The van der Waals surface area contributed by atoms with Crippen LogP contribution in [0.25, 0.3) is 0 Å². The van der Waals surface area contributed by atoms with E-state index in [0.29, 0.717) is 38.8 Å². The molecular weight excluding hydrogens is 400 g/mol. The monoisotopic (exact) mass is 432 g/mol. The number of likely N-dealkylation sites (tertiary alicyclic amines) is 2. The fraction of sp³-hybridized carbons (Fsp3) is 0.652. The number of piperidine rings is 2. The molecule has 2 heterocycles. The van der Waals surface area contributed by atoms with E-state index in [2.05, 4.69) is 0 Å². The van der Waals surface area contributed by atoms with Crippen molar-refractivity contribution in [2.75, 3.05) is 26.2 Å². The highest BCUT2D eigenvalue weighted by atomic mass is 32.2. The number of benzene rings is 1. The first-order chi connectivity index (χ1) is 14.3. The van der Waals surface area contributed by atoms with Crippen LogP contribution in [-0.4, -0.2) is 61.0 Å². The largest absolute Gasteiger partial charge is 0.342 e. The van der Waals surface area contributed by atoms with E-state index in [9.17, 15) is 18.0 Å². The maximum Gasteiger partial charge on any atom is 0.244 e. The van der Waals surface area contributed by atoms with Gasteiger partial charge in [0.15, 0.2) is 14.6 Å².